The summed E-state index contributed by atoms with van der Waals surface area (Å²) in [7, 11) is 0. The Hall–Kier alpha value is -0.860. The number of hydrogen-bond donors (Lipinski definition) is 2. The predicted molar refractivity (Wildman–Crippen MR) is 59.2 cm³/mol. The first-order valence-corrected chi connectivity index (χ1v) is 5.10. The molecule has 0 amide bonds. The Morgan fingerprint density at radius 1 is 1.21 bits per heavy atom. The molecule has 0 aliphatic heterocycles. The van der Waals surface area contributed by atoms with Crippen molar-refractivity contribution in [1.29, 1.82) is 0 Å². The molecule has 2 heteroatoms. The SMILES string of the molecule is Cc1cc(C)cc(C(O)CCCN)c1. The minimum atomic E-state index is -0.364. The Kier molecular flexibility index (Phi) is 4.11. The number of aliphatic hydroxyl groups is 1. The number of hydrogen-bond acceptors (Lipinski definition) is 2. The monoisotopic (exact) mass is 193 g/mol. The van der Waals surface area contributed by atoms with E-state index in [0.717, 1.165) is 18.4 Å². The van der Waals surface area contributed by atoms with E-state index in [9.17, 15) is 5.11 Å². The number of aryl methyl sites for hydroxylation is 2. The van der Waals surface area contributed by atoms with Crippen LogP contribution in [0.15, 0.2) is 18.2 Å². The molecule has 1 unspecified atom stereocenters. The van der Waals surface area contributed by atoms with Gasteiger partial charge in [0.1, 0.15) is 0 Å². The Labute approximate surface area is 85.8 Å². The van der Waals surface area contributed by atoms with Gasteiger partial charge in [0, 0.05) is 0 Å². The van der Waals surface area contributed by atoms with Crippen LogP contribution in [0.2, 0.25) is 0 Å². The summed E-state index contributed by atoms with van der Waals surface area (Å²) in [6.07, 6.45) is 1.25. The van der Waals surface area contributed by atoms with Crippen LogP contribution in [-0.4, -0.2) is 11.7 Å². The fourth-order valence-corrected chi connectivity index (χ4v) is 1.68. The van der Waals surface area contributed by atoms with Gasteiger partial charge in [0.2, 0.25) is 0 Å². The lowest BCUT2D eigenvalue weighted by molar-refractivity contribution is 0.165. The van der Waals surface area contributed by atoms with Crippen LogP contribution in [0.25, 0.3) is 0 Å². The molecule has 0 fully saturated rings. The molecule has 0 aromatic heterocycles. The van der Waals surface area contributed by atoms with Crippen molar-refractivity contribution in [2.45, 2.75) is 32.8 Å². The van der Waals surface area contributed by atoms with Gasteiger partial charge in [-0.15, -0.1) is 0 Å². The maximum absolute atomic E-state index is 9.84. The number of rotatable bonds is 4. The summed E-state index contributed by atoms with van der Waals surface area (Å²) in [5, 5.41) is 9.84. The molecule has 0 saturated carbocycles. The first-order chi connectivity index (χ1) is 6.63. The van der Waals surface area contributed by atoms with Crippen molar-refractivity contribution in [2.24, 2.45) is 5.73 Å². The van der Waals surface area contributed by atoms with E-state index in [1.54, 1.807) is 0 Å². The molecular formula is C12H19NO. The van der Waals surface area contributed by atoms with Crippen molar-refractivity contribution in [1.82, 2.24) is 0 Å². The van der Waals surface area contributed by atoms with Gasteiger partial charge in [-0.3, -0.25) is 0 Å². The minimum absolute atomic E-state index is 0.364. The predicted octanol–water partition coefficient (Wildman–Crippen LogP) is 2.08. The van der Waals surface area contributed by atoms with Gasteiger partial charge in [-0.1, -0.05) is 29.3 Å². The maximum Gasteiger partial charge on any atom is 0.0790 e. The lowest BCUT2D eigenvalue weighted by atomic mass is 10.0. The van der Waals surface area contributed by atoms with E-state index >= 15 is 0 Å². The Morgan fingerprint density at radius 3 is 2.29 bits per heavy atom. The average molecular weight is 193 g/mol. The van der Waals surface area contributed by atoms with Gasteiger partial charge in [0.05, 0.1) is 6.10 Å². The summed E-state index contributed by atoms with van der Waals surface area (Å²) in [6.45, 7) is 4.74. The second-order valence-electron chi connectivity index (χ2n) is 3.87. The van der Waals surface area contributed by atoms with Gasteiger partial charge in [-0.05, 0) is 38.8 Å². The lowest BCUT2D eigenvalue weighted by Crippen LogP contribution is -2.04. The van der Waals surface area contributed by atoms with Gasteiger partial charge in [-0.25, -0.2) is 0 Å². The molecule has 0 aliphatic rings. The maximum atomic E-state index is 9.84. The summed E-state index contributed by atoms with van der Waals surface area (Å²) in [5.74, 6) is 0. The molecule has 1 aromatic rings. The highest BCUT2D eigenvalue weighted by Gasteiger charge is 2.07. The van der Waals surface area contributed by atoms with Crippen LogP contribution in [0, 0.1) is 13.8 Å². The summed E-state index contributed by atoms with van der Waals surface area (Å²) in [5.41, 5.74) is 8.82. The molecule has 0 spiro atoms. The van der Waals surface area contributed by atoms with Crippen molar-refractivity contribution in [3.8, 4) is 0 Å². The van der Waals surface area contributed by atoms with Crippen molar-refractivity contribution < 1.29 is 5.11 Å². The standard InChI is InChI=1S/C12H19NO/c1-9-6-10(2)8-11(7-9)12(14)4-3-5-13/h6-8,12,14H,3-5,13H2,1-2H3. The van der Waals surface area contributed by atoms with Crippen LogP contribution >= 0.6 is 0 Å². The van der Waals surface area contributed by atoms with E-state index in [1.807, 2.05) is 26.0 Å². The fourth-order valence-electron chi connectivity index (χ4n) is 1.68. The van der Waals surface area contributed by atoms with Crippen LogP contribution < -0.4 is 5.73 Å². The molecular weight excluding hydrogens is 174 g/mol. The van der Waals surface area contributed by atoms with Crippen LogP contribution in [0.1, 0.15) is 35.6 Å². The van der Waals surface area contributed by atoms with E-state index in [4.69, 9.17) is 5.73 Å². The van der Waals surface area contributed by atoms with Crippen LogP contribution in [0.3, 0.4) is 0 Å². The third-order valence-electron chi connectivity index (χ3n) is 2.31. The summed E-state index contributed by atoms with van der Waals surface area (Å²) >= 11 is 0. The molecule has 78 valence electrons. The first kappa shape index (κ1) is 11.2. The van der Waals surface area contributed by atoms with Gasteiger partial charge in [-0.2, -0.15) is 0 Å². The van der Waals surface area contributed by atoms with Crippen molar-refractivity contribution in [2.75, 3.05) is 6.54 Å². The van der Waals surface area contributed by atoms with Gasteiger partial charge >= 0.3 is 0 Å². The van der Waals surface area contributed by atoms with Crippen molar-refractivity contribution in [3.63, 3.8) is 0 Å². The second kappa shape index (κ2) is 5.13. The van der Waals surface area contributed by atoms with Crippen LogP contribution in [0.4, 0.5) is 0 Å². The van der Waals surface area contributed by atoms with Crippen LogP contribution in [0.5, 0.6) is 0 Å². The molecule has 3 N–H and O–H groups in total. The zero-order chi connectivity index (χ0) is 10.6. The van der Waals surface area contributed by atoms with E-state index in [-0.39, 0.29) is 6.10 Å². The molecule has 14 heavy (non-hydrogen) atoms. The summed E-state index contributed by atoms with van der Waals surface area (Å²) in [4.78, 5) is 0. The highest BCUT2D eigenvalue weighted by Crippen LogP contribution is 2.20. The lowest BCUT2D eigenvalue weighted by Gasteiger charge is -2.12. The van der Waals surface area contributed by atoms with Gasteiger partial charge in [0.25, 0.3) is 0 Å². The number of benzene rings is 1. The highest BCUT2D eigenvalue weighted by atomic mass is 16.3. The van der Waals surface area contributed by atoms with Gasteiger partial charge in [0.15, 0.2) is 0 Å². The molecule has 0 aliphatic carbocycles. The zero-order valence-electron chi connectivity index (χ0n) is 8.96. The van der Waals surface area contributed by atoms with Crippen molar-refractivity contribution in [3.05, 3.63) is 34.9 Å². The molecule has 2 nitrogen and oxygen atoms in total. The third kappa shape index (κ3) is 3.13. The third-order valence-corrected chi connectivity index (χ3v) is 2.31. The molecule has 1 rings (SSSR count). The first-order valence-electron chi connectivity index (χ1n) is 5.10. The highest BCUT2D eigenvalue weighted by molar-refractivity contribution is 5.29. The Balaban J connectivity index is 2.73. The van der Waals surface area contributed by atoms with Crippen LogP contribution in [-0.2, 0) is 0 Å². The fraction of sp³-hybridized carbons (Fsp3) is 0.500. The zero-order valence-corrected chi connectivity index (χ0v) is 8.96. The Bertz CT molecular complexity index is 276. The Morgan fingerprint density at radius 2 is 1.79 bits per heavy atom. The molecule has 1 aromatic carbocycles. The van der Waals surface area contributed by atoms with Gasteiger partial charge < -0.3 is 10.8 Å². The normalized spacial score (nSPS) is 12.9. The summed E-state index contributed by atoms with van der Waals surface area (Å²) in [6, 6.07) is 6.18. The van der Waals surface area contributed by atoms with E-state index < -0.39 is 0 Å². The smallest absolute Gasteiger partial charge is 0.0790 e. The molecule has 0 bridgehead atoms. The second-order valence-corrected chi connectivity index (χ2v) is 3.87. The number of aliphatic hydroxyl groups excluding tert-OH is 1. The topological polar surface area (TPSA) is 46.2 Å². The number of nitrogens with two attached hydrogens (primary N) is 1. The summed E-state index contributed by atoms with van der Waals surface area (Å²) < 4.78 is 0. The van der Waals surface area contributed by atoms with Crippen molar-refractivity contribution >= 4 is 0 Å². The minimum Gasteiger partial charge on any atom is -0.388 e. The average Bonchev–Trinajstić information content (AvgIpc) is 2.12. The molecule has 0 saturated heterocycles. The van der Waals surface area contributed by atoms with E-state index in [2.05, 4.69) is 6.07 Å². The van der Waals surface area contributed by atoms with E-state index in [0.29, 0.717) is 6.54 Å². The molecule has 1 atom stereocenters. The molecule has 0 radical (unpaired) electrons. The largest absolute Gasteiger partial charge is 0.388 e. The van der Waals surface area contributed by atoms with E-state index in [1.165, 1.54) is 11.1 Å². The molecule has 0 heterocycles. The quantitative estimate of drug-likeness (QED) is 0.769.